The maximum absolute atomic E-state index is 12.3. The SMILES string of the molecule is CCC(=O)N1CCCc2cc(NS(=O)(=O)c3cccs3)ccc21. The van der Waals surface area contributed by atoms with E-state index in [1.165, 1.54) is 11.3 Å². The molecule has 1 aromatic carbocycles. The van der Waals surface area contributed by atoms with E-state index in [0.717, 1.165) is 30.6 Å². The molecule has 1 N–H and O–H groups in total. The fraction of sp³-hybridized carbons (Fsp3) is 0.312. The summed E-state index contributed by atoms with van der Waals surface area (Å²) in [6.07, 6.45) is 2.20. The zero-order valence-electron chi connectivity index (χ0n) is 12.8. The lowest BCUT2D eigenvalue weighted by molar-refractivity contribution is -0.118. The Morgan fingerprint density at radius 3 is 2.87 bits per heavy atom. The van der Waals surface area contributed by atoms with Crippen LogP contribution in [0.1, 0.15) is 25.3 Å². The molecular formula is C16H18N2O3S2. The van der Waals surface area contributed by atoms with Gasteiger partial charge in [-0.05, 0) is 48.1 Å². The largest absolute Gasteiger partial charge is 0.312 e. The standard InChI is InChI=1S/C16H18N2O3S2/c1-2-15(19)18-9-3-5-12-11-13(7-8-14(12)18)17-23(20,21)16-6-4-10-22-16/h4,6-8,10-11,17H,2-3,5,9H2,1H3. The van der Waals surface area contributed by atoms with Gasteiger partial charge in [0.15, 0.2) is 0 Å². The summed E-state index contributed by atoms with van der Waals surface area (Å²) in [5, 5.41) is 1.73. The first-order valence-electron chi connectivity index (χ1n) is 7.51. The number of sulfonamides is 1. The summed E-state index contributed by atoms with van der Waals surface area (Å²) < 4.78 is 27.5. The molecule has 0 atom stereocenters. The van der Waals surface area contributed by atoms with Crippen LogP contribution < -0.4 is 9.62 Å². The zero-order chi connectivity index (χ0) is 16.4. The molecule has 0 saturated carbocycles. The number of nitrogens with one attached hydrogen (secondary N) is 1. The van der Waals surface area contributed by atoms with Crippen molar-refractivity contribution in [3.63, 3.8) is 0 Å². The lowest BCUT2D eigenvalue weighted by Crippen LogP contribution is -2.34. The van der Waals surface area contributed by atoms with E-state index in [-0.39, 0.29) is 10.1 Å². The zero-order valence-corrected chi connectivity index (χ0v) is 14.4. The van der Waals surface area contributed by atoms with Crippen molar-refractivity contribution in [1.29, 1.82) is 0 Å². The van der Waals surface area contributed by atoms with Crippen LogP contribution in [0.3, 0.4) is 0 Å². The van der Waals surface area contributed by atoms with Crippen molar-refractivity contribution in [3.05, 3.63) is 41.3 Å². The third-order valence-electron chi connectivity index (χ3n) is 3.81. The Morgan fingerprint density at radius 2 is 2.17 bits per heavy atom. The summed E-state index contributed by atoms with van der Waals surface area (Å²) in [6, 6.07) is 8.66. The Bertz CT molecular complexity index is 814. The summed E-state index contributed by atoms with van der Waals surface area (Å²) in [6.45, 7) is 2.57. The van der Waals surface area contributed by atoms with E-state index >= 15 is 0 Å². The molecule has 2 heterocycles. The minimum absolute atomic E-state index is 0.0952. The predicted molar refractivity (Wildman–Crippen MR) is 92.5 cm³/mol. The number of fused-ring (bicyclic) bond motifs is 1. The van der Waals surface area contributed by atoms with Crippen LogP contribution in [-0.4, -0.2) is 20.9 Å². The smallest absolute Gasteiger partial charge is 0.271 e. The summed E-state index contributed by atoms with van der Waals surface area (Å²) in [7, 11) is -3.54. The number of anilines is 2. The van der Waals surface area contributed by atoms with Crippen molar-refractivity contribution < 1.29 is 13.2 Å². The Hall–Kier alpha value is -1.86. The molecule has 7 heteroatoms. The van der Waals surface area contributed by atoms with Gasteiger partial charge in [0, 0.05) is 24.3 Å². The molecule has 2 aromatic rings. The Morgan fingerprint density at radius 1 is 1.35 bits per heavy atom. The number of aryl methyl sites for hydroxylation is 1. The fourth-order valence-electron chi connectivity index (χ4n) is 2.73. The topological polar surface area (TPSA) is 66.5 Å². The third-order valence-corrected chi connectivity index (χ3v) is 6.59. The molecule has 0 spiro atoms. The number of thiophene rings is 1. The van der Waals surface area contributed by atoms with Gasteiger partial charge in [0.25, 0.3) is 10.0 Å². The number of amides is 1. The average Bonchev–Trinajstić information content (AvgIpc) is 3.08. The van der Waals surface area contributed by atoms with Gasteiger partial charge in [-0.2, -0.15) is 0 Å². The highest BCUT2D eigenvalue weighted by Gasteiger charge is 2.22. The molecular weight excluding hydrogens is 332 g/mol. The normalized spacial score (nSPS) is 14.4. The van der Waals surface area contributed by atoms with E-state index < -0.39 is 10.0 Å². The molecule has 0 unspecified atom stereocenters. The summed E-state index contributed by atoms with van der Waals surface area (Å²) in [5.41, 5.74) is 2.43. The van der Waals surface area contributed by atoms with Gasteiger partial charge >= 0.3 is 0 Å². The minimum Gasteiger partial charge on any atom is -0.312 e. The van der Waals surface area contributed by atoms with Crippen LogP contribution >= 0.6 is 11.3 Å². The maximum atomic E-state index is 12.3. The second-order valence-corrected chi connectivity index (χ2v) is 8.24. The highest BCUT2D eigenvalue weighted by Crippen LogP contribution is 2.31. The second-order valence-electron chi connectivity index (χ2n) is 5.38. The molecule has 1 aliphatic heterocycles. The van der Waals surface area contributed by atoms with Crippen LogP contribution in [-0.2, 0) is 21.2 Å². The molecule has 122 valence electrons. The van der Waals surface area contributed by atoms with Gasteiger partial charge in [-0.1, -0.05) is 13.0 Å². The molecule has 23 heavy (non-hydrogen) atoms. The number of carbonyl (C=O) groups is 1. The first kappa shape index (κ1) is 16.0. The van der Waals surface area contributed by atoms with Crippen molar-refractivity contribution in [2.24, 2.45) is 0 Å². The Labute approximate surface area is 140 Å². The van der Waals surface area contributed by atoms with Crippen molar-refractivity contribution in [2.45, 2.75) is 30.4 Å². The van der Waals surface area contributed by atoms with Crippen LogP contribution in [0.15, 0.2) is 39.9 Å². The Kier molecular flexibility index (Phi) is 4.41. The van der Waals surface area contributed by atoms with Crippen LogP contribution in [0.4, 0.5) is 11.4 Å². The predicted octanol–water partition coefficient (Wildman–Crippen LogP) is 3.24. The molecule has 1 aliphatic rings. The van der Waals surface area contributed by atoms with Crippen LogP contribution in [0, 0.1) is 0 Å². The number of rotatable bonds is 4. The number of benzene rings is 1. The molecule has 0 radical (unpaired) electrons. The molecule has 1 aromatic heterocycles. The summed E-state index contributed by atoms with van der Waals surface area (Å²) in [5.74, 6) is 0.0952. The number of hydrogen-bond acceptors (Lipinski definition) is 4. The summed E-state index contributed by atoms with van der Waals surface area (Å²) >= 11 is 1.18. The summed E-state index contributed by atoms with van der Waals surface area (Å²) in [4.78, 5) is 13.8. The van der Waals surface area contributed by atoms with Gasteiger partial charge in [0.2, 0.25) is 5.91 Å². The molecule has 0 aliphatic carbocycles. The van der Waals surface area contributed by atoms with Gasteiger partial charge in [0.05, 0.1) is 0 Å². The van der Waals surface area contributed by atoms with Crippen molar-refractivity contribution in [2.75, 3.05) is 16.2 Å². The highest BCUT2D eigenvalue weighted by molar-refractivity contribution is 7.94. The van der Waals surface area contributed by atoms with Crippen molar-refractivity contribution >= 4 is 38.6 Å². The van der Waals surface area contributed by atoms with Gasteiger partial charge in [-0.25, -0.2) is 8.42 Å². The number of carbonyl (C=O) groups excluding carboxylic acids is 1. The molecule has 0 bridgehead atoms. The van der Waals surface area contributed by atoms with Crippen LogP contribution in [0.5, 0.6) is 0 Å². The van der Waals surface area contributed by atoms with Gasteiger partial charge < -0.3 is 4.90 Å². The fourth-order valence-corrected chi connectivity index (χ4v) is 4.77. The lowest BCUT2D eigenvalue weighted by Gasteiger charge is -2.29. The second kappa shape index (κ2) is 6.33. The van der Waals surface area contributed by atoms with Gasteiger partial charge in [-0.15, -0.1) is 11.3 Å². The quantitative estimate of drug-likeness (QED) is 0.920. The van der Waals surface area contributed by atoms with Gasteiger partial charge in [0.1, 0.15) is 4.21 Å². The van der Waals surface area contributed by atoms with Crippen LogP contribution in [0.25, 0.3) is 0 Å². The molecule has 1 amide bonds. The third kappa shape index (κ3) is 3.25. The maximum Gasteiger partial charge on any atom is 0.271 e. The van der Waals surface area contributed by atoms with E-state index in [0.29, 0.717) is 12.1 Å². The molecule has 5 nitrogen and oxygen atoms in total. The number of hydrogen-bond donors (Lipinski definition) is 1. The van der Waals surface area contributed by atoms with Crippen molar-refractivity contribution in [1.82, 2.24) is 0 Å². The average molecular weight is 350 g/mol. The van der Waals surface area contributed by atoms with Crippen LogP contribution in [0.2, 0.25) is 0 Å². The van der Waals surface area contributed by atoms with Gasteiger partial charge in [-0.3, -0.25) is 9.52 Å². The van der Waals surface area contributed by atoms with E-state index in [1.54, 1.807) is 28.5 Å². The first-order valence-corrected chi connectivity index (χ1v) is 9.87. The lowest BCUT2D eigenvalue weighted by atomic mass is 10.0. The molecule has 0 saturated heterocycles. The van der Waals surface area contributed by atoms with E-state index in [2.05, 4.69) is 4.72 Å². The van der Waals surface area contributed by atoms with E-state index in [9.17, 15) is 13.2 Å². The first-order chi connectivity index (χ1) is 11.0. The van der Waals surface area contributed by atoms with Crippen molar-refractivity contribution in [3.8, 4) is 0 Å². The minimum atomic E-state index is -3.54. The highest BCUT2D eigenvalue weighted by atomic mass is 32.2. The number of nitrogens with zero attached hydrogens (tertiary/aromatic N) is 1. The monoisotopic (exact) mass is 350 g/mol. The molecule has 3 rings (SSSR count). The van der Waals surface area contributed by atoms with E-state index in [1.807, 2.05) is 19.1 Å². The Balaban J connectivity index is 1.88. The van der Waals surface area contributed by atoms with E-state index in [4.69, 9.17) is 0 Å². The molecule has 0 fully saturated rings.